The fourth-order valence-corrected chi connectivity index (χ4v) is 1.73. The first-order valence-electron chi connectivity index (χ1n) is 5.38. The summed E-state index contributed by atoms with van der Waals surface area (Å²) >= 11 is 0. The van der Waals surface area contributed by atoms with Crippen LogP contribution in [0.5, 0.6) is 0 Å². The van der Waals surface area contributed by atoms with Gasteiger partial charge in [0.1, 0.15) is 6.04 Å². The highest BCUT2D eigenvalue weighted by Gasteiger charge is 2.30. The monoisotopic (exact) mass is 214 g/mol. The molecule has 0 bridgehead atoms. The fraction of sp³-hybridized carbons (Fsp3) is 0.800. The summed E-state index contributed by atoms with van der Waals surface area (Å²) in [6.07, 6.45) is 3.12. The third-order valence-electron chi connectivity index (χ3n) is 2.61. The topological polar surface area (TPSA) is 69.6 Å². The van der Waals surface area contributed by atoms with Crippen molar-refractivity contribution >= 4 is 11.9 Å². The van der Waals surface area contributed by atoms with Crippen LogP contribution in [-0.2, 0) is 9.59 Å². The molecule has 0 radical (unpaired) electrons. The lowest BCUT2D eigenvalue weighted by molar-refractivity contribution is -0.146. The molecule has 2 N–H and O–H groups in total. The predicted octanol–water partition coefficient (Wildman–Crippen LogP) is 0.0616. The van der Waals surface area contributed by atoms with E-state index in [9.17, 15) is 9.59 Å². The highest BCUT2D eigenvalue weighted by Crippen LogP contribution is 2.07. The van der Waals surface area contributed by atoms with Gasteiger partial charge in [-0.15, -0.1) is 0 Å². The van der Waals surface area contributed by atoms with Crippen LogP contribution in [-0.4, -0.2) is 47.6 Å². The number of amides is 1. The standard InChI is InChI=1S/C10H18N2O3/c1-2-3-4-5-12-7-9(13)11-6-8(12)10(14)15/h8H,2-7H2,1H3,(H,11,13)(H,14,15). The Morgan fingerprint density at radius 2 is 2.33 bits per heavy atom. The van der Waals surface area contributed by atoms with E-state index in [4.69, 9.17) is 5.11 Å². The van der Waals surface area contributed by atoms with Gasteiger partial charge in [0.25, 0.3) is 0 Å². The van der Waals surface area contributed by atoms with Gasteiger partial charge in [0.15, 0.2) is 0 Å². The number of nitrogens with zero attached hydrogens (tertiary/aromatic N) is 1. The number of carboxylic acid groups (broad SMARTS) is 1. The second-order valence-corrected chi connectivity index (χ2v) is 3.84. The van der Waals surface area contributed by atoms with Crippen LogP contribution in [0.1, 0.15) is 26.2 Å². The van der Waals surface area contributed by atoms with E-state index in [-0.39, 0.29) is 19.0 Å². The molecular formula is C10H18N2O3. The number of unbranched alkanes of at least 4 members (excludes halogenated alkanes) is 2. The lowest BCUT2D eigenvalue weighted by Crippen LogP contribution is -2.57. The molecule has 5 heteroatoms. The van der Waals surface area contributed by atoms with Crippen LogP contribution >= 0.6 is 0 Å². The summed E-state index contributed by atoms with van der Waals surface area (Å²) in [5.74, 6) is -0.935. The zero-order valence-electron chi connectivity index (χ0n) is 9.03. The molecule has 1 fully saturated rings. The average Bonchev–Trinajstić information content (AvgIpc) is 2.18. The van der Waals surface area contributed by atoms with Crippen LogP contribution in [0.25, 0.3) is 0 Å². The quantitative estimate of drug-likeness (QED) is 0.635. The maximum Gasteiger partial charge on any atom is 0.322 e. The van der Waals surface area contributed by atoms with Crippen molar-refractivity contribution in [3.63, 3.8) is 0 Å². The minimum absolute atomic E-state index is 0.0796. The molecule has 1 rings (SSSR count). The maximum absolute atomic E-state index is 11.1. The third kappa shape index (κ3) is 3.51. The molecule has 1 aliphatic heterocycles. The zero-order chi connectivity index (χ0) is 11.3. The van der Waals surface area contributed by atoms with Crippen molar-refractivity contribution in [2.24, 2.45) is 0 Å². The van der Waals surface area contributed by atoms with Crippen LogP contribution in [0.3, 0.4) is 0 Å². The number of carboxylic acids is 1. The summed E-state index contributed by atoms with van der Waals surface area (Å²) in [6.45, 7) is 3.22. The van der Waals surface area contributed by atoms with Crippen LogP contribution < -0.4 is 5.32 Å². The van der Waals surface area contributed by atoms with Crippen molar-refractivity contribution in [2.45, 2.75) is 32.2 Å². The van der Waals surface area contributed by atoms with Gasteiger partial charge in [0, 0.05) is 6.54 Å². The van der Waals surface area contributed by atoms with Gasteiger partial charge in [0.2, 0.25) is 5.91 Å². The Hall–Kier alpha value is -1.10. The number of carbonyl (C=O) groups is 2. The molecule has 15 heavy (non-hydrogen) atoms. The smallest absolute Gasteiger partial charge is 0.322 e. The van der Waals surface area contributed by atoms with E-state index < -0.39 is 12.0 Å². The minimum Gasteiger partial charge on any atom is -0.480 e. The van der Waals surface area contributed by atoms with E-state index in [1.54, 1.807) is 4.90 Å². The van der Waals surface area contributed by atoms with Crippen LogP contribution in [0.2, 0.25) is 0 Å². The van der Waals surface area contributed by atoms with Crippen molar-refractivity contribution < 1.29 is 14.7 Å². The SMILES string of the molecule is CCCCCN1CC(=O)NCC1C(=O)O. The molecule has 1 unspecified atom stereocenters. The van der Waals surface area contributed by atoms with Crippen LogP contribution in [0, 0.1) is 0 Å². The molecule has 1 heterocycles. The number of rotatable bonds is 5. The largest absolute Gasteiger partial charge is 0.480 e. The van der Waals surface area contributed by atoms with Crippen LogP contribution in [0.15, 0.2) is 0 Å². The minimum atomic E-state index is -0.855. The first kappa shape index (κ1) is 12.0. The van der Waals surface area contributed by atoms with Gasteiger partial charge in [-0.1, -0.05) is 19.8 Å². The summed E-state index contributed by atoms with van der Waals surface area (Å²) in [4.78, 5) is 23.8. The Labute approximate surface area is 89.4 Å². The number of piperazine rings is 1. The molecule has 1 amide bonds. The Bertz CT molecular complexity index is 243. The van der Waals surface area contributed by atoms with Gasteiger partial charge in [-0.05, 0) is 13.0 Å². The first-order chi connectivity index (χ1) is 7.15. The van der Waals surface area contributed by atoms with Crippen molar-refractivity contribution in [3.05, 3.63) is 0 Å². The molecule has 0 aromatic heterocycles. The second kappa shape index (κ2) is 5.70. The molecule has 0 saturated carbocycles. The molecule has 86 valence electrons. The predicted molar refractivity (Wildman–Crippen MR) is 55.5 cm³/mol. The highest BCUT2D eigenvalue weighted by atomic mass is 16.4. The number of hydrogen-bond acceptors (Lipinski definition) is 3. The first-order valence-corrected chi connectivity index (χ1v) is 5.38. The van der Waals surface area contributed by atoms with E-state index in [0.717, 1.165) is 19.3 Å². The summed E-state index contributed by atoms with van der Waals surface area (Å²) in [6, 6.07) is -0.556. The number of carbonyl (C=O) groups excluding carboxylic acids is 1. The van der Waals surface area contributed by atoms with E-state index >= 15 is 0 Å². The van der Waals surface area contributed by atoms with E-state index in [2.05, 4.69) is 12.2 Å². The van der Waals surface area contributed by atoms with Crippen molar-refractivity contribution in [1.82, 2.24) is 10.2 Å². The highest BCUT2D eigenvalue weighted by molar-refractivity contribution is 5.83. The number of nitrogens with one attached hydrogen (secondary N) is 1. The Kier molecular flexibility index (Phi) is 4.55. The molecule has 0 spiro atoms. The zero-order valence-corrected chi connectivity index (χ0v) is 9.03. The van der Waals surface area contributed by atoms with Crippen molar-refractivity contribution in [1.29, 1.82) is 0 Å². The Morgan fingerprint density at radius 1 is 1.60 bits per heavy atom. The molecule has 5 nitrogen and oxygen atoms in total. The molecule has 1 aliphatic rings. The lowest BCUT2D eigenvalue weighted by atomic mass is 10.1. The molecule has 0 aromatic rings. The van der Waals surface area contributed by atoms with Crippen LogP contribution in [0.4, 0.5) is 0 Å². The normalized spacial score (nSPS) is 22.5. The third-order valence-corrected chi connectivity index (χ3v) is 2.61. The molecule has 1 saturated heterocycles. The van der Waals surface area contributed by atoms with Gasteiger partial charge < -0.3 is 10.4 Å². The van der Waals surface area contributed by atoms with Gasteiger partial charge >= 0.3 is 5.97 Å². The second-order valence-electron chi connectivity index (χ2n) is 3.84. The molecule has 1 atom stereocenters. The molecule has 0 aromatic carbocycles. The summed E-state index contributed by atoms with van der Waals surface area (Å²) in [5, 5.41) is 11.5. The van der Waals surface area contributed by atoms with Gasteiger partial charge in [-0.25, -0.2) is 0 Å². The van der Waals surface area contributed by atoms with Crippen molar-refractivity contribution in [3.8, 4) is 0 Å². The van der Waals surface area contributed by atoms with E-state index in [1.807, 2.05) is 0 Å². The Balaban J connectivity index is 2.46. The molecule has 0 aliphatic carbocycles. The van der Waals surface area contributed by atoms with Gasteiger partial charge in [-0.2, -0.15) is 0 Å². The maximum atomic E-state index is 11.1. The summed E-state index contributed by atoms with van der Waals surface area (Å²) in [5.41, 5.74) is 0. The van der Waals surface area contributed by atoms with Gasteiger partial charge in [-0.3, -0.25) is 14.5 Å². The summed E-state index contributed by atoms with van der Waals surface area (Å²) in [7, 11) is 0. The summed E-state index contributed by atoms with van der Waals surface area (Å²) < 4.78 is 0. The van der Waals surface area contributed by atoms with E-state index in [1.165, 1.54) is 0 Å². The van der Waals surface area contributed by atoms with Gasteiger partial charge in [0.05, 0.1) is 6.54 Å². The lowest BCUT2D eigenvalue weighted by Gasteiger charge is -2.32. The van der Waals surface area contributed by atoms with Crippen molar-refractivity contribution in [2.75, 3.05) is 19.6 Å². The average molecular weight is 214 g/mol. The molecular weight excluding hydrogens is 196 g/mol. The Morgan fingerprint density at radius 3 is 2.93 bits per heavy atom. The number of aliphatic carboxylic acids is 1. The fourth-order valence-electron chi connectivity index (χ4n) is 1.73. The number of hydrogen-bond donors (Lipinski definition) is 2. The van der Waals surface area contributed by atoms with E-state index in [0.29, 0.717) is 6.54 Å².